The van der Waals surface area contributed by atoms with Gasteiger partial charge in [-0.05, 0) is 42.3 Å². The number of para-hydroxylation sites is 1. The minimum absolute atomic E-state index is 0.149. The van der Waals surface area contributed by atoms with Crippen molar-refractivity contribution in [3.05, 3.63) is 77.6 Å². The maximum atomic E-state index is 12.5. The van der Waals surface area contributed by atoms with Crippen LogP contribution in [0.2, 0.25) is 0 Å². The molecule has 0 saturated carbocycles. The van der Waals surface area contributed by atoms with Crippen LogP contribution < -0.4 is 10.1 Å². The minimum Gasteiger partial charge on any atom is -0.508 e. The number of phenols is 1. The molecule has 0 spiro atoms. The van der Waals surface area contributed by atoms with E-state index in [-0.39, 0.29) is 17.7 Å². The van der Waals surface area contributed by atoms with Crippen LogP contribution in [0.5, 0.6) is 11.5 Å². The summed E-state index contributed by atoms with van der Waals surface area (Å²) in [6.07, 6.45) is 0.727. The summed E-state index contributed by atoms with van der Waals surface area (Å²) in [7, 11) is 0. The van der Waals surface area contributed by atoms with Gasteiger partial charge in [-0.25, -0.2) is 0 Å². The first-order valence-corrected chi connectivity index (χ1v) is 8.47. The van der Waals surface area contributed by atoms with E-state index in [2.05, 4.69) is 15.5 Å². The fourth-order valence-electron chi connectivity index (χ4n) is 2.59. The van der Waals surface area contributed by atoms with Crippen LogP contribution in [0.25, 0.3) is 0 Å². The number of nitrogens with one attached hydrogen (secondary N) is 2. The first kappa shape index (κ1) is 17.5. The average molecular weight is 351 g/mol. The highest BCUT2D eigenvalue weighted by Crippen LogP contribution is 2.20. The lowest BCUT2D eigenvalue weighted by atomic mass is 10.0. The lowest BCUT2D eigenvalue weighted by Gasteiger charge is -2.16. The van der Waals surface area contributed by atoms with E-state index in [4.69, 9.17) is 4.74 Å². The number of phenolic OH excluding ortho intramolecular Hbond substituents is 1. The summed E-state index contributed by atoms with van der Waals surface area (Å²) in [5, 5.41) is 19.2. The molecule has 2 aromatic carbocycles. The van der Waals surface area contributed by atoms with E-state index >= 15 is 0 Å². The van der Waals surface area contributed by atoms with Crippen molar-refractivity contribution in [3.63, 3.8) is 0 Å². The molecule has 6 nitrogen and oxygen atoms in total. The summed E-state index contributed by atoms with van der Waals surface area (Å²) in [5.74, 6) is 0.698. The molecule has 1 atom stereocenters. The summed E-state index contributed by atoms with van der Waals surface area (Å²) in [6, 6.07) is 17.8. The normalized spacial score (nSPS) is 11.7. The van der Waals surface area contributed by atoms with Crippen molar-refractivity contribution in [2.45, 2.75) is 26.0 Å². The van der Waals surface area contributed by atoms with Crippen LogP contribution in [0.3, 0.4) is 0 Å². The number of nitrogens with zero attached hydrogens (tertiary/aromatic N) is 1. The topological polar surface area (TPSA) is 87.2 Å². The van der Waals surface area contributed by atoms with Gasteiger partial charge in [-0.2, -0.15) is 5.10 Å². The largest absolute Gasteiger partial charge is 0.508 e. The molecule has 1 heterocycles. The Morgan fingerprint density at radius 1 is 1.19 bits per heavy atom. The van der Waals surface area contributed by atoms with Crippen molar-refractivity contribution in [3.8, 4) is 11.5 Å². The molecule has 0 aliphatic rings. The van der Waals surface area contributed by atoms with Crippen LogP contribution in [0.1, 0.15) is 41.1 Å². The Hall–Kier alpha value is -3.28. The van der Waals surface area contributed by atoms with Crippen LogP contribution in [-0.2, 0) is 6.61 Å². The van der Waals surface area contributed by atoms with Gasteiger partial charge in [-0.1, -0.05) is 37.3 Å². The third kappa shape index (κ3) is 4.42. The van der Waals surface area contributed by atoms with Crippen LogP contribution >= 0.6 is 0 Å². The van der Waals surface area contributed by atoms with Gasteiger partial charge in [0.2, 0.25) is 0 Å². The molecule has 3 rings (SSSR count). The third-order valence-electron chi connectivity index (χ3n) is 4.01. The van der Waals surface area contributed by atoms with Gasteiger partial charge >= 0.3 is 0 Å². The number of carbonyl (C=O) groups is 1. The number of aromatic amines is 1. The van der Waals surface area contributed by atoms with E-state index in [1.807, 2.05) is 37.3 Å². The van der Waals surface area contributed by atoms with Gasteiger partial charge in [0, 0.05) is 0 Å². The Morgan fingerprint density at radius 2 is 1.92 bits per heavy atom. The number of hydrogen-bond donors (Lipinski definition) is 3. The smallest absolute Gasteiger partial charge is 0.272 e. The molecule has 0 aliphatic heterocycles. The number of hydrogen-bond acceptors (Lipinski definition) is 4. The van der Waals surface area contributed by atoms with E-state index < -0.39 is 0 Å². The predicted octanol–water partition coefficient (Wildman–Crippen LogP) is 3.58. The Bertz CT molecular complexity index is 844. The molecule has 1 amide bonds. The number of carbonyl (C=O) groups excluding carboxylic acids is 1. The van der Waals surface area contributed by atoms with Crippen LogP contribution in [0, 0.1) is 0 Å². The predicted molar refractivity (Wildman–Crippen MR) is 98.0 cm³/mol. The van der Waals surface area contributed by atoms with E-state index in [1.54, 1.807) is 30.3 Å². The van der Waals surface area contributed by atoms with Crippen molar-refractivity contribution in [1.29, 1.82) is 0 Å². The number of aromatic hydroxyl groups is 1. The van der Waals surface area contributed by atoms with Crippen molar-refractivity contribution in [2.24, 2.45) is 0 Å². The molecule has 1 unspecified atom stereocenters. The minimum atomic E-state index is -0.257. The summed E-state index contributed by atoms with van der Waals surface area (Å²) in [5.41, 5.74) is 1.97. The highest BCUT2D eigenvalue weighted by Gasteiger charge is 2.16. The Labute approximate surface area is 151 Å². The summed E-state index contributed by atoms with van der Waals surface area (Å²) in [4.78, 5) is 12.5. The zero-order chi connectivity index (χ0) is 18.4. The fraction of sp³-hybridized carbons (Fsp3) is 0.200. The molecule has 0 bridgehead atoms. The molecule has 6 heteroatoms. The molecule has 3 aromatic rings. The summed E-state index contributed by atoms with van der Waals surface area (Å²) < 4.78 is 5.64. The van der Waals surface area contributed by atoms with Gasteiger partial charge in [0.25, 0.3) is 5.91 Å². The van der Waals surface area contributed by atoms with Gasteiger partial charge in [-0.15, -0.1) is 0 Å². The first-order valence-electron chi connectivity index (χ1n) is 8.47. The fourth-order valence-corrected chi connectivity index (χ4v) is 2.59. The monoisotopic (exact) mass is 351 g/mol. The second-order valence-electron chi connectivity index (χ2n) is 5.91. The lowest BCUT2D eigenvalue weighted by molar-refractivity contribution is 0.0930. The van der Waals surface area contributed by atoms with Crippen LogP contribution in [0.15, 0.2) is 60.7 Å². The summed E-state index contributed by atoms with van der Waals surface area (Å²) >= 11 is 0. The Kier molecular flexibility index (Phi) is 5.53. The van der Waals surface area contributed by atoms with Gasteiger partial charge in [0.05, 0.1) is 11.7 Å². The summed E-state index contributed by atoms with van der Waals surface area (Å²) in [6.45, 7) is 2.29. The highest BCUT2D eigenvalue weighted by atomic mass is 16.5. The van der Waals surface area contributed by atoms with Gasteiger partial charge in [0.1, 0.15) is 23.8 Å². The second-order valence-corrected chi connectivity index (χ2v) is 5.91. The zero-order valence-electron chi connectivity index (χ0n) is 14.5. The molecule has 26 heavy (non-hydrogen) atoms. The van der Waals surface area contributed by atoms with E-state index in [1.165, 1.54) is 0 Å². The molecule has 0 fully saturated rings. The van der Waals surface area contributed by atoms with Gasteiger partial charge in [0.15, 0.2) is 0 Å². The Morgan fingerprint density at radius 3 is 2.62 bits per heavy atom. The molecule has 0 radical (unpaired) electrons. The van der Waals surface area contributed by atoms with Crippen molar-refractivity contribution >= 4 is 5.91 Å². The second kappa shape index (κ2) is 8.20. The third-order valence-corrected chi connectivity index (χ3v) is 4.01. The molecular weight excluding hydrogens is 330 g/mol. The van der Waals surface area contributed by atoms with Gasteiger partial charge < -0.3 is 15.2 Å². The highest BCUT2D eigenvalue weighted by molar-refractivity contribution is 5.92. The maximum absolute atomic E-state index is 12.5. The van der Waals surface area contributed by atoms with Crippen LogP contribution in [-0.4, -0.2) is 21.2 Å². The first-order chi connectivity index (χ1) is 12.7. The molecule has 1 aromatic heterocycles. The SMILES string of the molecule is CCC(NC(=O)c1cc(COc2ccccc2)[nH]n1)c1ccc(O)cc1. The quantitative estimate of drug-likeness (QED) is 0.607. The number of aromatic nitrogens is 2. The zero-order valence-corrected chi connectivity index (χ0v) is 14.5. The van der Waals surface area contributed by atoms with E-state index in [9.17, 15) is 9.90 Å². The average Bonchev–Trinajstić information content (AvgIpc) is 3.15. The lowest BCUT2D eigenvalue weighted by Crippen LogP contribution is -2.28. The van der Waals surface area contributed by atoms with E-state index in [0.29, 0.717) is 12.3 Å². The molecule has 3 N–H and O–H groups in total. The van der Waals surface area contributed by atoms with Gasteiger partial charge in [-0.3, -0.25) is 9.89 Å². The van der Waals surface area contributed by atoms with Crippen molar-refractivity contribution in [2.75, 3.05) is 0 Å². The molecule has 0 saturated heterocycles. The number of ether oxygens (including phenoxy) is 1. The number of H-pyrrole nitrogens is 1. The van der Waals surface area contributed by atoms with Crippen molar-refractivity contribution < 1.29 is 14.6 Å². The van der Waals surface area contributed by atoms with Crippen molar-refractivity contribution in [1.82, 2.24) is 15.5 Å². The molecular formula is C20H21N3O3. The number of rotatable bonds is 7. The number of amides is 1. The Balaban J connectivity index is 1.60. The molecule has 0 aliphatic carbocycles. The molecule has 134 valence electrons. The standard InChI is InChI=1S/C20H21N3O3/c1-2-18(14-8-10-16(24)11-9-14)21-20(25)19-12-15(22-23-19)13-26-17-6-4-3-5-7-17/h3-12,18,24H,2,13H2,1H3,(H,21,25)(H,22,23). The number of benzene rings is 2. The van der Waals surface area contributed by atoms with E-state index in [0.717, 1.165) is 23.4 Å². The maximum Gasteiger partial charge on any atom is 0.272 e. The van der Waals surface area contributed by atoms with Crippen LogP contribution in [0.4, 0.5) is 0 Å².